The van der Waals surface area contributed by atoms with Crippen LogP contribution in [0.25, 0.3) is 0 Å². The molecule has 0 fully saturated rings. The summed E-state index contributed by atoms with van der Waals surface area (Å²) < 4.78 is 0. The third-order valence-corrected chi connectivity index (χ3v) is 0. The van der Waals surface area contributed by atoms with Crippen molar-refractivity contribution < 1.29 is 68.9 Å². The number of rotatable bonds is 0. The van der Waals surface area contributed by atoms with Gasteiger partial charge in [-0.15, -0.1) is 0 Å². The second-order valence-corrected chi connectivity index (χ2v) is 0. The zero-order chi connectivity index (χ0) is 2.00. The molecule has 0 aromatic rings. The molecular formula is CH3OUY-. The summed E-state index contributed by atoms with van der Waals surface area (Å²) in [4.78, 5) is 0. The average Bonchev–Trinajstić information content (AvgIpc) is 1.00. The van der Waals surface area contributed by atoms with Gasteiger partial charge in [0.15, 0.2) is 0 Å². The van der Waals surface area contributed by atoms with E-state index >= 15 is 0 Å². The Morgan fingerprint density at radius 1 is 1.25 bits per heavy atom. The molecule has 0 unspecified atom stereocenters. The number of aliphatic hydroxyl groups excluding tert-OH is 1. The van der Waals surface area contributed by atoms with Crippen LogP contribution in [0.3, 0.4) is 0 Å². The average molecular weight is 358 g/mol. The maximum atomic E-state index is 6.75. The van der Waals surface area contributed by atoms with Gasteiger partial charge in [-0.05, 0) is 0 Å². The Kier molecular flexibility index (Phi) is 79.8. The first-order valence-electron chi connectivity index (χ1n) is 0.316. The van der Waals surface area contributed by atoms with Gasteiger partial charge in [-0.3, -0.25) is 0 Å². The quantitative estimate of drug-likeness (QED) is 0.612. The van der Waals surface area contributed by atoms with Crippen molar-refractivity contribution in [2.75, 3.05) is 0 Å². The zero-order valence-corrected chi connectivity index (χ0v) is 9.23. The fraction of sp³-hybridized carbons (Fsp3) is 0. The largest absolute Gasteiger partial charge is 0.569 e. The molecule has 0 spiro atoms. The first-order valence-corrected chi connectivity index (χ1v) is 0.316. The van der Waals surface area contributed by atoms with E-state index in [0.717, 1.165) is 0 Å². The Balaban J connectivity index is -0.00000000500. The molecule has 1 radical (unpaired) electrons. The van der Waals surface area contributed by atoms with Gasteiger partial charge < -0.3 is 5.11 Å². The molecule has 0 saturated carbocycles. The Labute approximate surface area is 74.8 Å². The Morgan fingerprint density at radius 3 is 1.25 bits per heavy atom. The maximum absolute atomic E-state index is 6.75. The molecule has 0 aliphatic rings. The van der Waals surface area contributed by atoms with Crippen molar-refractivity contribution in [1.29, 1.82) is 0 Å². The Morgan fingerprint density at radius 2 is 1.25 bits per heavy atom. The van der Waals surface area contributed by atoms with Crippen molar-refractivity contribution in [2.45, 2.75) is 0 Å². The van der Waals surface area contributed by atoms with Crippen LogP contribution in [0.2, 0.25) is 0 Å². The van der Waals surface area contributed by atoms with E-state index in [-0.39, 0.29) is 63.8 Å². The molecule has 0 amide bonds. The van der Waals surface area contributed by atoms with E-state index in [9.17, 15) is 0 Å². The van der Waals surface area contributed by atoms with Gasteiger partial charge in [0.1, 0.15) is 0 Å². The Hall–Kier alpha value is 2.12. The number of hydrogen-bond acceptors (Lipinski definition) is 1. The van der Waals surface area contributed by atoms with Crippen LogP contribution in [0.1, 0.15) is 0 Å². The minimum absolute atomic E-state index is 0. The van der Waals surface area contributed by atoms with E-state index in [2.05, 4.69) is 7.11 Å². The van der Waals surface area contributed by atoms with Gasteiger partial charge in [-0.1, -0.05) is 0 Å². The van der Waals surface area contributed by atoms with Crippen molar-refractivity contribution in [3.05, 3.63) is 7.11 Å². The summed E-state index contributed by atoms with van der Waals surface area (Å²) >= 11 is 0. The van der Waals surface area contributed by atoms with E-state index < -0.39 is 0 Å². The van der Waals surface area contributed by atoms with Crippen LogP contribution in [0.15, 0.2) is 0 Å². The van der Waals surface area contributed by atoms with Crippen molar-refractivity contribution in [1.82, 2.24) is 0 Å². The minimum Gasteiger partial charge on any atom is -0.569 e. The molecule has 0 rings (SSSR count). The summed E-state index contributed by atoms with van der Waals surface area (Å²) in [5.74, 6) is 0. The van der Waals surface area contributed by atoms with E-state index in [1.807, 2.05) is 0 Å². The fourth-order valence-electron chi connectivity index (χ4n) is 0. The molecule has 0 bridgehead atoms. The Bertz CT molecular complexity index is 8.00. The van der Waals surface area contributed by atoms with Crippen LogP contribution >= 0.6 is 0 Å². The van der Waals surface area contributed by atoms with Crippen molar-refractivity contribution in [3.63, 3.8) is 0 Å². The summed E-state index contributed by atoms with van der Waals surface area (Å²) in [6, 6.07) is 0. The molecule has 1 N–H and O–H groups in total. The molecule has 0 aromatic carbocycles. The van der Waals surface area contributed by atoms with Gasteiger partial charge >= 0.3 is 0 Å². The number of aliphatic hydroxyl groups is 1. The third kappa shape index (κ3) is 8.93. The first kappa shape index (κ1) is 16.5. The van der Waals surface area contributed by atoms with Crippen molar-refractivity contribution in [2.24, 2.45) is 0 Å². The molecule has 0 atom stereocenters. The van der Waals surface area contributed by atoms with E-state index in [0.29, 0.717) is 0 Å². The first-order chi connectivity index (χ1) is 1.00. The van der Waals surface area contributed by atoms with E-state index in [1.54, 1.807) is 0 Å². The van der Waals surface area contributed by atoms with Gasteiger partial charge in [0.05, 0.1) is 0 Å². The van der Waals surface area contributed by atoms with Crippen LogP contribution in [-0.2, 0) is 32.7 Å². The van der Waals surface area contributed by atoms with Crippen molar-refractivity contribution in [3.8, 4) is 0 Å². The zero-order valence-electron chi connectivity index (χ0n) is 2.23. The standard InChI is InChI=1S/CH3O.U.Y/c1-2;;/h2H,1H2;;/q-1;;. The summed E-state index contributed by atoms with van der Waals surface area (Å²) in [6.07, 6.45) is 0. The summed E-state index contributed by atoms with van der Waals surface area (Å²) in [5.41, 5.74) is 0. The summed E-state index contributed by atoms with van der Waals surface area (Å²) in [5, 5.41) is 6.75. The molecular weight excluding hydrogens is 355 g/mol. The third-order valence-electron chi connectivity index (χ3n) is 0. The van der Waals surface area contributed by atoms with Crippen LogP contribution in [0, 0.1) is 38.2 Å². The second kappa shape index (κ2) is 19.4. The topological polar surface area (TPSA) is 20.2 Å². The summed E-state index contributed by atoms with van der Waals surface area (Å²) in [6.45, 7) is 0. The molecule has 0 aromatic heterocycles. The fourth-order valence-corrected chi connectivity index (χ4v) is 0. The van der Waals surface area contributed by atoms with Gasteiger partial charge in [0.25, 0.3) is 0 Å². The van der Waals surface area contributed by atoms with Gasteiger partial charge in [0, 0.05) is 63.8 Å². The minimum atomic E-state index is 0. The van der Waals surface area contributed by atoms with E-state index in [4.69, 9.17) is 5.11 Å². The van der Waals surface area contributed by atoms with Crippen LogP contribution < -0.4 is 0 Å². The van der Waals surface area contributed by atoms with Crippen LogP contribution in [0.4, 0.5) is 0 Å². The van der Waals surface area contributed by atoms with Gasteiger partial charge in [-0.25, -0.2) is 7.11 Å². The predicted molar refractivity (Wildman–Crippen MR) is 7.29 cm³/mol. The normalized spacial score (nSPS) is 1.50. The molecule has 21 valence electrons. The van der Waals surface area contributed by atoms with Crippen LogP contribution in [0.5, 0.6) is 0 Å². The van der Waals surface area contributed by atoms with E-state index in [1.165, 1.54) is 0 Å². The molecule has 4 heavy (non-hydrogen) atoms. The second-order valence-electron chi connectivity index (χ2n) is 0. The number of hydrogen-bond donors (Lipinski definition) is 1. The summed E-state index contributed by atoms with van der Waals surface area (Å²) in [7, 11) is 2.25. The van der Waals surface area contributed by atoms with Gasteiger partial charge in [0.2, 0.25) is 0 Å². The van der Waals surface area contributed by atoms with Gasteiger partial charge in [-0.2, -0.15) is 0 Å². The van der Waals surface area contributed by atoms with Crippen molar-refractivity contribution >= 4 is 0 Å². The monoisotopic (exact) mass is 358 g/mol. The SMILES string of the molecule is [CH2-]O.[U].[Y]. The smallest absolute Gasteiger partial charge is 0 e. The molecule has 0 saturated heterocycles. The molecule has 0 aliphatic carbocycles. The predicted octanol–water partition coefficient (Wildman–Crippen LogP) is 0.148. The maximum Gasteiger partial charge on any atom is 0 e. The molecule has 3 heteroatoms. The molecule has 1 nitrogen and oxygen atoms in total. The molecule has 0 aliphatic heterocycles. The van der Waals surface area contributed by atoms with Crippen LogP contribution in [-0.4, -0.2) is 5.11 Å². The molecule has 0 heterocycles.